The highest BCUT2D eigenvalue weighted by molar-refractivity contribution is 5.86. The number of carbonyl (C=O) groups excluding carboxylic acids is 2. The van der Waals surface area contributed by atoms with E-state index < -0.39 is 12.1 Å². The first-order chi connectivity index (χ1) is 16.9. The van der Waals surface area contributed by atoms with Crippen molar-refractivity contribution < 1.29 is 28.5 Å². The number of benzene rings is 2. The van der Waals surface area contributed by atoms with Crippen molar-refractivity contribution in [3.8, 4) is 17.2 Å². The topological polar surface area (TPSA) is 119 Å². The van der Waals surface area contributed by atoms with Gasteiger partial charge in [-0.05, 0) is 41.3 Å². The number of ether oxygens (including phenoxy) is 4. The number of amides is 3. The first-order valence-corrected chi connectivity index (χ1v) is 11.4. The maximum Gasteiger partial charge on any atom is 0.315 e. The van der Waals surface area contributed by atoms with Gasteiger partial charge >= 0.3 is 6.03 Å². The number of hydrazine groups is 1. The fourth-order valence-electron chi connectivity index (χ4n) is 3.15. The molecule has 3 amide bonds. The van der Waals surface area contributed by atoms with Crippen LogP contribution in [0.2, 0.25) is 0 Å². The van der Waals surface area contributed by atoms with E-state index in [9.17, 15) is 9.59 Å². The van der Waals surface area contributed by atoms with Gasteiger partial charge in [-0.2, -0.15) is 0 Å². The summed E-state index contributed by atoms with van der Waals surface area (Å²) < 4.78 is 21.3. The van der Waals surface area contributed by atoms with E-state index in [1.165, 1.54) is 0 Å². The quantitative estimate of drug-likeness (QED) is 0.238. The maximum atomic E-state index is 12.5. The summed E-state index contributed by atoms with van der Waals surface area (Å²) in [4.78, 5) is 24.5. The molecule has 0 aliphatic carbocycles. The van der Waals surface area contributed by atoms with E-state index in [-0.39, 0.29) is 11.8 Å². The molecule has 2 aromatic carbocycles. The van der Waals surface area contributed by atoms with Crippen LogP contribution in [0.1, 0.15) is 25.0 Å². The van der Waals surface area contributed by atoms with Crippen LogP contribution in [0.3, 0.4) is 0 Å². The molecule has 0 saturated heterocycles. The molecule has 0 spiro atoms. The number of rotatable bonds is 14. The summed E-state index contributed by atoms with van der Waals surface area (Å²) in [6.07, 6.45) is 0. The van der Waals surface area contributed by atoms with Gasteiger partial charge in [-0.25, -0.2) is 10.2 Å². The second kappa shape index (κ2) is 14.7. The summed E-state index contributed by atoms with van der Waals surface area (Å²) in [5, 5.41) is 5.33. The van der Waals surface area contributed by atoms with Crippen LogP contribution in [-0.2, 0) is 22.7 Å². The number of hydrogen-bond donors (Lipinski definition) is 4. The van der Waals surface area contributed by atoms with Crippen LogP contribution in [-0.4, -0.2) is 52.5 Å². The van der Waals surface area contributed by atoms with Crippen LogP contribution >= 0.6 is 0 Å². The molecule has 192 valence electrons. The standard InChI is InChI=1S/C25H36N4O6/c1-17(2)23(28-25(31)26-12-13-32-3)24(30)29-27-15-18-6-9-20(10-7-18)35-16-19-8-11-21(33-4)22(14-19)34-5/h6-11,14,17,23,27H,12-13,15-16H2,1-5H3,(H,29,30)(H2,26,28,31)/t23-/m0/s1. The molecule has 0 radical (unpaired) electrons. The van der Waals surface area contributed by atoms with Crippen LogP contribution in [0.15, 0.2) is 42.5 Å². The lowest BCUT2D eigenvalue weighted by Gasteiger charge is -2.22. The van der Waals surface area contributed by atoms with Crippen LogP contribution in [0.4, 0.5) is 4.79 Å². The minimum atomic E-state index is -0.683. The van der Waals surface area contributed by atoms with Crippen molar-refractivity contribution >= 4 is 11.9 Å². The van der Waals surface area contributed by atoms with Gasteiger partial charge in [0.2, 0.25) is 0 Å². The second-order valence-corrected chi connectivity index (χ2v) is 8.08. The zero-order chi connectivity index (χ0) is 25.6. The molecule has 0 unspecified atom stereocenters. The Morgan fingerprint density at radius 3 is 2.23 bits per heavy atom. The summed E-state index contributed by atoms with van der Waals surface area (Å²) in [5.41, 5.74) is 7.47. The van der Waals surface area contributed by atoms with E-state index in [4.69, 9.17) is 18.9 Å². The summed E-state index contributed by atoms with van der Waals surface area (Å²) >= 11 is 0. The molecule has 10 heteroatoms. The zero-order valence-corrected chi connectivity index (χ0v) is 21.0. The Kier molecular flexibility index (Phi) is 11.6. The fourth-order valence-corrected chi connectivity index (χ4v) is 3.15. The molecular weight excluding hydrogens is 452 g/mol. The minimum Gasteiger partial charge on any atom is -0.493 e. The van der Waals surface area contributed by atoms with Crippen molar-refractivity contribution in [2.75, 3.05) is 34.5 Å². The van der Waals surface area contributed by atoms with Gasteiger partial charge < -0.3 is 29.6 Å². The lowest BCUT2D eigenvalue weighted by Crippen LogP contribution is -2.55. The van der Waals surface area contributed by atoms with Crippen molar-refractivity contribution in [1.82, 2.24) is 21.5 Å². The summed E-state index contributed by atoms with van der Waals surface area (Å²) in [6, 6.07) is 12.1. The Labute approximate surface area is 206 Å². The van der Waals surface area contributed by atoms with Crippen molar-refractivity contribution in [3.05, 3.63) is 53.6 Å². The normalized spacial score (nSPS) is 11.5. The number of nitrogens with one attached hydrogen (secondary N) is 4. The first-order valence-electron chi connectivity index (χ1n) is 11.4. The summed E-state index contributed by atoms with van der Waals surface area (Å²) in [7, 11) is 4.74. The fraction of sp³-hybridized carbons (Fsp3) is 0.440. The molecule has 10 nitrogen and oxygen atoms in total. The average Bonchev–Trinajstić information content (AvgIpc) is 2.86. The van der Waals surface area contributed by atoms with Crippen molar-refractivity contribution in [2.45, 2.75) is 33.0 Å². The molecule has 0 fully saturated rings. The average molecular weight is 489 g/mol. The first kappa shape index (κ1) is 27.7. The molecule has 2 aromatic rings. The third kappa shape index (κ3) is 9.34. The SMILES string of the molecule is COCCNC(=O)N[C@H](C(=O)NNCc1ccc(OCc2ccc(OC)c(OC)c2)cc1)C(C)C. The summed E-state index contributed by atoms with van der Waals surface area (Å²) in [5.74, 6) is 1.62. The van der Waals surface area contributed by atoms with Crippen LogP contribution in [0.5, 0.6) is 17.2 Å². The molecule has 0 aromatic heterocycles. The molecule has 0 heterocycles. The molecule has 0 saturated carbocycles. The van der Waals surface area contributed by atoms with Crippen LogP contribution in [0, 0.1) is 5.92 Å². The van der Waals surface area contributed by atoms with Gasteiger partial charge in [0, 0.05) is 20.2 Å². The van der Waals surface area contributed by atoms with E-state index >= 15 is 0 Å². The predicted molar refractivity (Wildman–Crippen MR) is 132 cm³/mol. The molecule has 4 N–H and O–H groups in total. The Balaban J connectivity index is 1.79. The van der Waals surface area contributed by atoms with E-state index in [2.05, 4.69) is 21.5 Å². The smallest absolute Gasteiger partial charge is 0.315 e. The van der Waals surface area contributed by atoms with Crippen molar-refractivity contribution in [2.24, 2.45) is 5.92 Å². The number of methoxy groups -OCH3 is 3. The third-order valence-corrected chi connectivity index (χ3v) is 5.11. The lowest BCUT2D eigenvalue weighted by molar-refractivity contribution is -0.124. The summed E-state index contributed by atoms with van der Waals surface area (Å²) in [6.45, 7) is 5.28. The van der Waals surface area contributed by atoms with Gasteiger partial charge in [-0.1, -0.05) is 32.0 Å². The molecule has 0 bridgehead atoms. The van der Waals surface area contributed by atoms with Crippen LogP contribution in [0.25, 0.3) is 0 Å². The highest BCUT2D eigenvalue weighted by Gasteiger charge is 2.23. The molecule has 1 atom stereocenters. The highest BCUT2D eigenvalue weighted by atomic mass is 16.5. The van der Waals surface area contributed by atoms with Crippen molar-refractivity contribution in [1.29, 1.82) is 0 Å². The maximum absolute atomic E-state index is 12.5. The third-order valence-electron chi connectivity index (χ3n) is 5.11. The molecule has 35 heavy (non-hydrogen) atoms. The van der Waals surface area contributed by atoms with Gasteiger partial charge in [0.05, 0.1) is 20.8 Å². The van der Waals surface area contributed by atoms with Gasteiger partial charge in [-0.3, -0.25) is 10.2 Å². The molecule has 0 aliphatic rings. The Bertz CT molecular complexity index is 936. The number of urea groups is 1. The van der Waals surface area contributed by atoms with E-state index in [0.717, 1.165) is 16.9 Å². The van der Waals surface area contributed by atoms with Gasteiger partial charge in [0.1, 0.15) is 18.4 Å². The highest BCUT2D eigenvalue weighted by Crippen LogP contribution is 2.28. The number of hydrogen-bond acceptors (Lipinski definition) is 7. The monoisotopic (exact) mass is 488 g/mol. The predicted octanol–water partition coefficient (Wildman–Crippen LogP) is 2.37. The Hall–Kier alpha value is -3.50. The van der Waals surface area contributed by atoms with Gasteiger partial charge in [-0.15, -0.1) is 0 Å². The zero-order valence-electron chi connectivity index (χ0n) is 21.0. The van der Waals surface area contributed by atoms with E-state index in [1.807, 2.05) is 56.3 Å². The van der Waals surface area contributed by atoms with Crippen LogP contribution < -0.4 is 35.7 Å². The lowest BCUT2D eigenvalue weighted by atomic mass is 10.0. The Morgan fingerprint density at radius 2 is 1.60 bits per heavy atom. The van der Waals surface area contributed by atoms with E-state index in [1.54, 1.807) is 21.3 Å². The molecule has 2 rings (SSSR count). The number of carbonyl (C=O) groups is 2. The molecular formula is C25H36N4O6. The second-order valence-electron chi connectivity index (χ2n) is 8.08. The van der Waals surface area contributed by atoms with Crippen molar-refractivity contribution in [3.63, 3.8) is 0 Å². The van der Waals surface area contributed by atoms with Gasteiger partial charge in [0.25, 0.3) is 5.91 Å². The Morgan fingerprint density at radius 1 is 0.914 bits per heavy atom. The van der Waals surface area contributed by atoms with Gasteiger partial charge in [0.15, 0.2) is 11.5 Å². The van der Waals surface area contributed by atoms with E-state index in [0.29, 0.717) is 37.8 Å². The minimum absolute atomic E-state index is 0.0907. The largest absolute Gasteiger partial charge is 0.493 e. The molecule has 0 aliphatic heterocycles.